The molecule has 0 radical (unpaired) electrons. The first-order valence-corrected chi connectivity index (χ1v) is 12.7. The lowest BCUT2D eigenvalue weighted by Gasteiger charge is -2.24. The van der Waals surface area contributed by atoms with Crippen LogP contribution in [0.1, 0.15) is 22.3 Å². The molecular formula is C26H29ClN2O4S. The molecule has 0 saturated heterocycles. The molecule has 6 nitrogen and oxygen atoms in total. The molecule has 180 valence electrons. The maximum Gasteiger partial charge on any atom is 0.244 e. The SMILES string of the molecule is COc1ccc(NC(=O)CN(CCc2ccccc2)S(=O)(=O)c2c(C)cc(C)cc2C)cc1Cl. The van der Waals surface area contributed by atoms with Crippen molar-refractivity contribution in [3.63, 3.8) is 0 Å². The van der Waals surface area contributed by atoms with Gasteiger partial charge in [0, 0.05) is 12.2 Å². The summed E-state index contributed by atoms with van der Waals surface area (Å²) < 4.78 is 33.9. The van der Waals surface area contributed by atoms with Gasteiger partial charge in [-0.3, -0.25) is 4.79 Å². The van der Waals surface area contributed by atoms with E-state index in [1.54, 1.807) is 32.0 Å². The summed E-state index contributed by atoms with van der Waals surface area (Å²) in [5.41, 5.74) is 3.74. The molecule has 0 heterocycles. The minimum absolute atomic E-state index is 0.163. The number of hydrogen-bond acceptors (Lipinski definition) is 4. The van der Waals surface area contributed by atoms with Gasteiger partial charge in [-0.2, -0.15) is 4.31 Å². The van der Waals surface area contributed by atoms with Crippen molar-refractivity contribution in [3.05, 3.63) is 87.9 Å². The highest BCUT2D eigenvalue weighted by atomic mass is 35.5. The summed E-state index contributed by atoms with van der Waals surface area (Å²) in [6.45, 7) is 5.32. The van der Waals surface area contributed by atoms with E-state index in [2.05, 4.69) is 5.32 Å². The Labute approximate surface area is 206 Å². The summed E-state index contributed by atoms with van der Waals surface area (Å²) in [7, 11) is -2.43. The third kappa shape index (κ3) is 6.17. The van der Waals surface area contributed by atoms with Crippen molar-refractivity contribution >= 4 is 33.2 Å². The minimum Gasteiger partial charge on any atom is -0.495 e. The second-order valence-corrected chi connectivity index (χ2v) is 10.5. The van der Waals surface area contributed by atoms with Crippen LogP contribution in [0.15, 0.2) is 65.6 Å². The zero-order valence-corrected chi connectivity index (χ0v) is 21.3. The molecule has 0 aromatic heterocycles. The topological polar surface area (TPSA) is 75.7 Å². The van der Waals surface area contributed by atoms with Gasteiger partial charge >= 0.3 is 0 Å². The number of sulfonamides is 1. The van der Waals surface area contributed by atoms with Crippen molar-refractivity contribution in [3.8, 4) is 5.75 Å². The van der Waals surface area contributed by atoms with E-state index < -0.39 is 15.9 Å². The number of halogens is 1. The molecule has 3 aromatic carbocycles. The average Bonchev–Trinajstić information content (AvgIpc) is 2.76. The van der Waals surface area contributed by atoms with Crippen molar-refractivity contribution in [1.82, 2.24) is 4.31 Å². The largest absolute Gasteiger partial charge is 0.495 e. The Morgan fingerprint density at radius 1 is 1.00 bits per heavy atom. The molecule has 0 aliphatic carbocycles. The van der Waals surface area contributed by atoms with Crippen molar-refractivity contribution < 1.29 is 17.9 Å². The Hall–Kier alpha value is -2.87. The normalized spacial score (nSPS) is 11.5. The number of carbonyl (C=O) groups excluding carboxylic acids is 1. The zero-order valence-electron chi connectivity index (χ0n) is 19.8. The van der Waals surface area contributed by atoms with Crippen molar-refractivity contribution in [2.24, 2.45) is 0 Å². The summed E-state index contributed by atoms with van der Waals surface area (Å²) in [5.74, 6) is 0.0253. The quantitative estimate of drug-likeness (QED) is 0.441. The molecule has 0 atom stereocenters. The van der Waals surface area contributed by atoms with E-state index in [1.807, 2.05) is 49.4 Å². The number of carbonyl (C=O) groups is 1. The molecule has 0 unspecified atom stereocenters. The minimum atomic E-state index is -3.93. The predicted molar refractivity (Wildman–Crippen MR) is 136 cm³/mol. The van der Waals surface area contributed by atoms with Gasteiger partial charge in [-0.15, -0.1) is 0 Å². The van der Waals surface area contributed by atoms with Crippen LogP contribution in [-0.4, -0.2) is 38.8 Å². The number of nitrogens with zero attached hydrogens (tertiary/aromatic N) is 1. The third-order valence-electron chi connectivity index (χ3n) is 5.45. The fourth-order valence-electron chi connectivity index (χ4n) is 3.99. The Morgan fingerprint density at radius 3 is 2.24 bits per heavy atom. The van der Waals surface area contributed by atoms with Gasteiger partial charge in [0.05, 0.1) is 23.6 Å². The van der Waals surface area contributed by atoms with Crippen LogP contribution in [0.25, 0.3) is 0 Å². The predicted octanol–water partition coefficient (Wildman–Crippen LogP) is 5.15. The van der Waals surface area contributed by atoms with Gasteiger partial charge in [-0.25, -0.2) is 8.42 Å². The Morgan fingerprint density at radius 2 is 1.65 bits per heavy atom. The van der Waals surface area contributed by atoms with Gasteiger partial charge in [0.15, 0.2) is 0 Å². The number of methoxy groups -OCH3 is 1. The van der Waals surface area contributed by atoms with Gasteiger partial charge in [0.1, 0.15) is 5.75 Å². The maximum absolute atomic E-state index is 13.7. The molecule has 0 saturated carbocycles. The number of rotatable bonds is 9. The average molecular weight is 501 g/mol. The Kier molecular flexibility index (Phi) is 8.36. The first-order chi connectivity index (χ1) is 16.1. The molecule has 34 heavy (non-hydrogen) atoms. The smallest absolute Gasteiger partial charge is 0.244 e. The number of nitrogens with one attached hydrogen (secondary N) is 1. The van der Waals surface area contributed by atoms with E-state index in [0.717, 1.165) is 11.1 Å². The summed E-state index contributed by atoms with van der Waals surface area (Å²) in [4.78, 5) is 13.2. The van der Waals surface area contributed by atoms with Crippen LogP contribution in [0, 0.1) is 20.8 Å². The summed E-state index contributed by atoms with van der Waals surface area (Å²) in [6, 6.07) is 18.1. The summed E-state index contributed by atoms with van der Waals surface area (Å²) >= 11 is 6.15. The van der Waals surface area contributed by atoms with E-state index >= 15 is 0 Å². The lowest BCUT2D eigenvalue weighted by Crippen LogP contribution is -2.39. The lowest BCUT2D eigenvalue weighted by molar-refractivity contribution is -0.116. The molecule has 0 spiro atoms. The fourth-order valence-corrected chi connectivity index (χ4v) is 6.06. The van der Waals surface area contributed by atoms with Crippen LogP contribution in [0.3, 0.4) is 0 Å². The van der Waals surface area contributed by atoms with Crippen molar-refractivity contribution in [1.29, 1.82) is 0 Å². The zero-order chi connectivity index (χ0) is 24.9. The molecule has 1 amide bonds. The molecule has 0 fully saturated rings. The van der Waals surface area contributed by atoms with E-state index in [9.17, 15) is 13.2 Å². The Balaban J connectivity index is 1.89. The number of aryl methyl sites for hydroxylation is 3. The highest BCUT2D eigenvalue weighted by Crippen LogP contribution is 2.28. The van der Waals surface area contributed by atoms with E-state index in [-0.39, 0.29) is 18.0 Å². The Bertz CT molecular complexity index is 1250. The second kappa shape index (κ2) is 11.0. The van der Waals surface area contributed by atoms with Crippen LogP contribution in [0.4, 0.5) is 5.69 Å². The highest BCUT2D eigenvalue weighted by Gasteiger charge is 2.29. The molecular weight excluding hydrogens is 472 g/mol. The highest BCUT2D eigenvalue weighted by molar-refractivity contribution is 7.89. The lowest BCUT2D eigenvalue weighted by atomic mass is 10.1. The number of ether oxygens (including phenoxy) is 1. The van der Waals surface area contributed by atoms with Crippen molar-refractivity contribution in [2.75, 3.05) is 25.5 Å². The molecule has 0 aliphatic rings. The van der Waals surface area contributed by atoms with Gasteiger partial charge < -0.3 is 10.1 Å². The molecule has 0 bridgehead atoms. The molecule has 3 rings (SSSR count). The first-order valence-electron chi connectivity index (χ1n) is 10.9. The fraction of sp³-hybridized carbons (Fsp3) is 0.269. The van der Waals surface area contributed by atoms with Crippen LogP contribution in [-0.2, 0) is 21.2 Å². The monoisotopic (exact) mass is 500 g/mol. The molecule has 1 N–H and O–H groups in total. The van der Waals surface area contributed by atoms with Crippen molar-refractivity contribution in [2.45, 2.75) is 32.1 Å². The van der Waals surface area contributed by atoms with Crippen LogP contribution in [0.2, 0.25) is 5.02 Å². The summed E-state index contributed by atoms with van der Waals surface area (Å²) in [6.07, 6.45) is 0.478. The van der Waals surface area contributed by atoms with Crippen LogP contribution in [0.5, 0.6) is 5.75 Å². The summed E-state index contributed by atoms with van der Waals surface area (Å²) in [5, 5.41) is 3.09. The standard InChI is InChI=1S/C26H29ClN2O4S/c1-18-14-19(2)26(20(3)15-18)34(31,32)29(13-12-21-8-6-5-7-9-21)17-25(30)28-22-10-11-24(33-4)23(27)16-22/h5-11,14-16H,12-13,17H2,1-4H3,(H,28,30). The number of hydrogen-bond donors (Lipinski definition) is 1. The molecule has 0 aliphatic heterocycles. The molecule has 8 heteroatoms. The number of amides is 1. The van der Waals surface area contributed by atoms with Gasteiger partial charge in [0.2, 0.25) is 15.9 Å². The van der Waals surface area contributed by atoms with Gasteiger partial charge in [0.25, 0.3) is 0 Å². The second-order valence-electron chi connectivity index (χ2n) is 8.20. The van der Waals surface area contributed by atoms with Crippen LogP contribution < -0.4 is 10.1 Å². The third-order valence-corrected chi connectivity index (χ3v) is 7.90. The maximum atomic E-state index is 13.7. The van der Waals surface area contributed by atoms with Gasteiger partial charge in [-0.05, 0) is 62.1 Å². The molecule has 3 aromatic rings. The van der Waals surface area contributed by atoms with Crippen LogP contribution >= 0.6 is 11.6 Å². The number of anilines is 1. The number of benzene rings is 3. The van der Waals surface area contributed by atoms with E-state index in [4.69, 9.17) is 16.3 Å². The van der Waals surface area contributed by atoms with E-state index in [0.29, 0.717) is 34.0 Å². The van der Waals surface area contributed by atoms with E-state index in [1.165, 1.54) is 11.4 Å². The van der Waals surface area contributed by atoms with Gasteiger partial charge in [-0.1, -0.05) is 59.6 Å². The first kappa shape index (κ1) is 25.7.